The van der Waals surface area contributed by atoms with E-state index in [1.165, 1.54) is 18.5 Å². The first-order chi connectivity index (χ1) is 7.48. The van der Waals surface area contributed by atoms with E-state index in [1.807, 2.05) is 7.05 Å². The Bertz CT molecular complexity index is 375. The Balaban J connectivity index is 2.25. The topological polar surface area (TPSA) is 37.8 Å². The number of rotatable bonds is 3. The third-order valence-corrected chi connectivity index (χ3v) is 2.73. The molecular formula is C13H21N3. The van der Waals surface area contributed by atoms with Crippen molar-refractivity contribution in [1.82, 2.24) is 9.97 Å². The maximum Gasteiger partial charge on any atom is 0.131 e. The van der Waals surface area contributed by atoms with Crippen LogP contribution in [-0.2, 0) is 6.42 Å². The van der Waals surface area contributed by atoms with Gasteiger partial charge in [-0.25, -0.2) is 9.97 Å². The van der Waals surface area contributed by atoms with Gasteiger partial charge >= 0.3 is 0 Å². The summed E-state index contributed by atoms with van der Waals surface area (Å²) in [7, 11) is 1.92. The fraction of sp³-hybridized carbons (Fsp3) is 0.692. The molecule has 1 N–H and O–H groups in total. The van der Waals surface area contributed by atoms with Crippen LogP contribution in [-0.4, -0.2) is 17.0 Å². The van der Waals surface area contributed by atoms with Gasteiger partial charge in [-0.2, -0.15) is 0 Å². The maximum absolute atomic E-state index is 4.68. The summed E-state index contributed by atoms with van der Waals surface area (Å²) < 4.78 is 0. The standard InChI is InChI=1S/C13H21N3/c1-13(2,3)8-12-15-10(9-5-6-9)7-11(14-4)16-12/h7,9H,5-6,8H2,1-4H3,(H,14,15,16). The normalized spacial score (nSPS) is 16.2. The van der Waals surface area contributed by atoms with Crippen LogP contribution in [0.5, 0.6) is 0 Å². The average Bonchev–Trinajstić information content (AvgIpc) is 2.97. The minimum Gasteiger partial charge on any atom is -0.373 e. The van der Waals surface area contributed by atoms with Crippen LogP contribution >= 0.6 is 0 Å². The van der Waals surface area contributed by atoms with Crippen LogP contribution in [0.4, 0.5) is 5.82 Å². The molecule has 1 aromatic heterocycles. The van der Waals surface area contributed by atoms with E-state index in [0.717, 1.165) is 18.1 Å². The van der Waals surface area contributed by atoms with Crippen LogP contribution in [0.1, 0.15) is 51.0 Å². The smallest absolute Gasteiger partial charge is 0.131 e. The molecule has 1 aromatic rings. The number of hydrogen-bond acceptors (Lipinski definition) is 3. The van der Waals surface area contributed by atoms with Crippen molar-refractivity contribution in [3.8, 4) is 0 Å². The summed E-state index contributed by atoms with van der Waals surface area (Å²) in [6.45, 7) is 6.66. The van der Waals surface area contributed by atoms with Crippen molar-refractivity contribution in [3.63, 3.8) is 0 Å². The first-order valence-electron chi connectivity index (χ1n) is 6.03. The lowest BCUT2D eigenvalue weighted by Crippen LogP contribution is -2.13. The molecule has 0 aromatic carbocycles. The molecule has 2 rings (SSSR count). The van der Waals surface area contributed by atoms with Crippen LogP contribution < -0.4 is 5.32 Å². The highest BCUT2D eigenvalue weighted by Gasteiger charge is 2.26. The highest BCUT2D eigenvalue weighted by molar-refractivity contribution is 5.37. The molecule has 0 spiro atoms. The molecule has 1 saturated carbocycles. The third kappa shape index (κ3) is 2.94. The summed E-state index contributed by atoms with van der Waals surface area (Å²) >= 11 is 0. The van der Waals surface area contributed by atoms with Crippen molar-refractivity contribution in [2.75, 3.05) is 12.4 Å². The zero-order valence-corrected chi connectivity index (χ0v) is 10.7. The Labute approximate surface area is 97.7 Å². The van der Waals surface area contributed by atoms with E-state index in [2.05, 4.69) is 42.1 Å². The molecule has 0 unspecified atom stereocenters. The molecule has 1 heterocycles. The predicted molar refractivity (Wildman–Crippen MR) is 66.7 cm³/mol. The van der Waals surface area contributed by atoms with Gasteiger partial charge in [-0.1, -0.05) is 20.8 Å². The first kappa shape index (κ1) is 11.4. The Hall–Kier alpha value is -1.12. The molecule has 0 radical (unpaired) electrons. The van der Waals surface area contributed by atoms with Gasteiger partial charge in [0.25, 0.3) is 0 Å². The molecule has 0 bridgehead atoms. The van der Waals surface area contributed by atoms with Crippen molar-refractivity contribution in [2.24, 2.45) is 5.41 Å². The summed E-state index contributed by atoms with van der Waals surface area (Å²) in [5.74, 6) is 2.62. The van der Waals surface area contributed by atoms with Crippen molar-refractivity contribution in [1.29, 1.82) is 0 Å². The zero-order chi connectivity index (χ0) is 11.8. The van der Waals surface area contributed by atoms with Crippen molar-refractivity contribution in [2.45, 2.75) is 46.0 Å². The lowest BCUT2D eigenvalue weighted by Gasteiger charge is -2.17. The van der Waals surface area contributed by atoms with Gasteiger partial charge in [-0.3, -0.25) is 0 Å². The number of nitrogens with one attached hydrogen (secondary N) is 1. The van der Waals surface area contributed by atoms with Crippen molar-refractivity contribution in [3.05, 3.63) is 17.6 Å². The van der Waals surface area contributed by atoms with E-state index < -0.39 is 0 Å². The van der Waals surface area contributed by atoms with Crippen LogP contribution in [0, 0.1) is 5.41 Å². The summed E-state index contributed by atoms with van der Waals surface area (Å²) in [6, 6.07) is 2.09. The molecule has 16 heavy (non-hydrogen) atoms. The number of aromatic nitrogens is 2. The fourth-order valence-corrected chi connectivity index (χ4v) is 1.79. The van der Waals surface area contributed by atoms with Gasteiger partial charge in [0.15, 0.2) is 0 Å². The van der Waals surface area contributed by atoms with Crippen LogP contribution in [0.3, 0.4) is 0 Å². The van der Waals surface area contributed by atoms with Gasteiger partial charge in [0.05, 0.1) is 0 Å². The van der Waals surface area contributed by atoms with Gasteiger partial charge in [0.2, 0.25) is 0 Å². The minimum atomic E-state index is 0.243. The van der Waals surface area contributed by atoms with Crippen LogP contribution in [0.2, 0.25) is 0 Å². The molecular weight excluding hydrogens is 198 g/mol. The van der Waals surface area contributed by atoms with Gasteiger partial charge in [-0.15, -0.1) is 0 Å². The Kier molecular flexibility index (Phi) is 2.87. The van der Waals surface area contributed by atoms with Crippen LogP contribution in [0.25, 0.3) is 0 Å². The Morgan fingerprint density at radius 3 is 2.50 bits per heavy atom. The van der Waals surface area contributed by atoms with E-state index in [9.17, 15) is 0 Å². The van der Waals surface area contributed by atoms with Crippen molar-refractivity contribution < 1.29 is 0 Å². The zero-order valence-electron chi connectivity index (χ0n) is 10.7. The second-order valence-electron chi connectivity index (χ2n) is 5.86. The quantitative estimate of drug-likeness (QED) is 0.849. The average molecular weight is 219 g/mol. The summed E-state index contributed by atoms with van der Waals surface area (Å²) in [4.78, 5) is 9.20. The Morgan fingerprint density at radius 2 is 2.00 bits per heavy atom. The van der Waals surface area contributed by atoms with Gasteiger partial charge < -0.3 is 5.32 Å². The summed E-state index contributed by atoms with van der Waals surface area (Å²) in [6.07, 6.45) is 3.51. The molecule has 0 aliphatic heterocycles. The molecule has 1 aliphatic rings. The third-order valence-electron chi connectivity index (χ3n) is 2.73. The van der Waals surface area contributed by atoms with Gasteiger partial charge in [-0.05, 0) is 18.3 Å². The summed E-state index contributed by atoms with van der Waals surface area (Å²) in [5, 5.41) is 3.13. The highest BCUT2D eigenvalue weighted by atomic mass is 15.0. The lowest BCUT2D eigenvalue weighted by atomic mass is 9.92. The van der Waals surface area contributed by atoms with E-state index >= 15 is 0 Å². The molecule has 1 aliphatic carbocycles. The van der Waals surface area contributed by atoms with E-state index in [4.69, 9.17) is 0 Å². The molecule has 0 amide bonds. The predicted octanol–water partition coefficient (Wildman–Crippen LogP) is 2.98. The van der Waals surface area contributed by atoms with E-state index in [1.54, 1.807) is 0 Å². The fourth-order valence-electron chi connectivity index (χ4n) is 1.79. The van der Waals surface area contributed by atoms with Gasteiger partial charge in [0, 0.05) is 31.1 Å². The highest BCUT2D eigenvalue weighted by Crippen LogP contribution is 2.39. The first-order valence-corrected chi connectivity index (χ1v) is 6.03. The molecule has 3 nitrogen and oxygen atoms in total. The van der Waals surface area contributed by atoms with E-state index in [-0.39, 0.29) is 5.41 Å². The molecule has 0 saturated heterocycles. The second kappa shape index (κ2) is 4.04. The molecule has 1 fully saturated rings. The monoisotopic (exact) mass is 219 g/mol. The number of hydrogen-bond donors (Lipinski definition) is 1. The lowest BCUT2D eigenvalue weighted by molar-refractivity contribution is 0.400. The molecule has 3 heteroatoms. The molecule has 88 valence electrons. The number of anilines is 1. The Morgan fingerprint density at radius 1 is 1.31 bits per heavy atom. The van der Waals surface area contributed by atoms with Gasteiger partial charge in [0.1, 0.15) is 11.6 Å². The van der Waals surface area contributed by atoms with Crippen molar-refractivity contribution >= 4 is 5.82 Å². The minimum absolute atomic E-state index is 0.243. The summed E-state index contributed by atoms with van der Waals surface area (Å²) in [5.41, 5.74) is 1.46. The van der Waals surface area contributed by atoms with Crippen LogP contribution in [0.15, 0.2) is 6.07 Å². The van der Waals surface area contributed by atoms with E-state index in [0.29, 0.717) is 5.92 Å². The largest absolute Gasteiger partial charge is 0.373 e. The maximum atomic E-state index is 4.68. The second-order valence-corrected chi connectivity index (χ2v) is 5.86. The molecule has 0 atom stereocenters. The number of nitrogens with zero attached hydrogens (tertiary/aromatic N) is 2. The SMILES string of the molecule is CNc1cc(C2CC2)nc(CC(C)(C)C)n1.